The Morgan fingerprint density at radius 2 is 0.830 bits per heavy atom. The molecule has 5 heteroatoms. The van der Waals surface area contributed by atoms with Crippen LogP contribution in [0.4, 0.5) is 51.2 Å². The van der Waals surface area contributed by atoms with Crippen LogP contribution in [0.25, 0.3) is 22.3 Å². The molecular weight excluding hydrogens is 1070 g/mol. The molecule has 4 nitrogen and oxygen atoms in total. The Morgan fingerprint density at radius 3 is 1.43 bits per heavy atom. The molecule has 4 aliphatic rings. The monoisotopic (exact) mass is 1150 g/mol. The van der Waals surface area contributed by atoms with E-state index in [0.717, 1.165) is 62.5 Å². The van der Waals surface area contributed by atoms with Gasteiger partial charge >= 0.3 is 0 Å². The fourth-order valence-electron chi connectivity index (χ4n) is 14.8. The summed E-state index contributed by atoms with van der Waals surface area (Å²) in [4.78, 5) is 7.57. The summed E-state index contributed by atoms with van der Waals surface area (Å²) in [6.07, 6.45) is 0. The number of benzene rings is 10. The number of hydrogen-bond acceptors (Lipinski definition) is 4. The van der Waals surface area contributed by atoms with Crippen molar-refractivity contribution in [3.8, 4) is 33.8 Å². The standard InChI is InChI=1S/C83H84BN3O/c1-51-26-33-56(34-27-51)86(59-39-41-63-62-22-18-20-24-65(62)82(14,15)67(63)47-59)60-40-42-69-74(50-60)88-75-46-55(81(11,12)13)45-73-77(75)84(69)70-44-54(80(8,9)10)32-43-71(70)87(73)72-49-61(48-68-76(72)64-23-19-21-25-66(64)83(68,16)17)85(57-35-28-52(29-36-57)78(2,3)4)58-37-30-53(31-38-58)79(5,6)7/h18-50H,1-17H3. The summed E-state index contributed by atoms with van der Waals surface area (Å²) in [7, 11) is 0. The summed E-state index contributed by atoms with van der Waals surface area (Å²) in [5.41, 5.74) is 29.8. The number of nitrogens with zero attached hydrogens (tertiary/aromatic N) is 3. The van der Waals surface area contributed by atoms with Crippen LogP contribution in [0.1, 0.15) is 161 Å². The van der Waals surface area contributed by atoms with E-state index >= 15 is 0 Å². The second kappa shape index (κ2) is 19.7. The lowest BCUT2D eigenvalue weighted by atomic mass is 9.34. The van der Waals surface area contributed by atoms with Gasteiger partial charge < -0.3 is 19.4 Å². The third kappa shape index (κ3) is 9.15. The van der Waals surface area contributed by atoms with Gasteiger partial charge in [0.25, 0.3) is 6.71 Å². The Bertz CT molecular complexity index is 4400. The summed E-state index contributed by atoms with van der Waals surface area (Å²) in [6.45, 7) is 39.5. The quantitative estimate of drug-likeness (QED) is 0.148. The van der Waals surface area contributed by atoms with Crippen LogP contribution in [-0.4, -0.2) is 6.71 Å². The minimum atomic E-state index is -0.314. The zero-order valence-electron chi connectivity index (χ0n) is 54.9. The first-order chi connectivity index (χ1) is 41.6. The highest BCUT2D eigenvalue weighted by Gasteiger charge is 2.47. The molecule has 440 valence electrons. The molecule has 0 atom stereocenters. The average molecular weight is 1150 g/mol. The number of fused-ring (bicyclic) bond motifs is 10. The number of aryl methyl sites for hydroxylation is 1. The van der Waals surface area contributed by atoms with E-state index in [9.17, 15) is 0 Å². The highest BCUT2D eigenvalue weighted by Crippen LogP contribution is 2.58. The molecule has 14 rings (SSSR count). The summed E-state index contributed by atoms with van der Waals surface area (Å²) in [6, 6.07) is 77.0. The Morgan fingerprint density at radius 1 is 0.352 bits per heavy atom. The van der Waals surface area contributed by atoms with E-state index in [1.807, 2.05) is 0 Å². The van der Waals surface area contributed by atoms with Gasteiger partial charge in [-0.2, -0.15) is 0 Å². The molecule has 0 amide bonds. The molecule has 0 unspecified atom stereocenters. The lowest BCUT2D eigenvalue weighted by molar-refractivity contribution is 0.483. The largest absolute Gasteiger partial charge is 0.458 e. The van der Waals surface area contributed by atoms with E-state index < -0.39 is 0 Å². The van der Waals surface area contributed by atoms with Crippen molar-refractivity contribution in [2.75, 3.05) is 14.7 Å². The van der Waals surface area contributed by atoms with Crippen molar-refractivity contribution < 1.29 is 4.74 Å². The average Bonchev–Trinajstić information content (AvgIpc) is 1.01. The molecule has 2 heterocycles. The van der Waals surface area contributed by atoms with Gasteiger partial charge in [-0.1, -0.05) is 226 Å². The second-order valence-electron chi connectivity index (χ2n) is 30.8. The first-order valence-electron chi connectivity index (χ1n) is 31.9. The predicted molar refractivity (Wildman–Crippen MR) is 376 cm³/mol. The van der Waals surface area contributed by atoms with Gasteiger partial charge in [0.05, 0.1) is 5.69 Å². The molecule has 2 aliphatic carbocycles. The molecule has 0 saturated heterocycles. The van der Waals surface area contributed by atoms with Crippen LogP contribution in [-0.2, 0) is 32.5 Å². The lowest BCUT2D eigenvalue weighted by Gasteiger charge is -2.43. The molecule has 0 saturated carbocycles. The Hall–Kier alpha value is -8.54. The predicted octanol–water partition coefficient (Wildman–Crippen LogP) is 21.1. The van der Waals surface area contributed by atoms with Gasteiger partial charge in [-0.3, -0.25) is 0 Å². The topological polar surface area (TPSA) is 19.0 Å². The second-order valence-corrected chi connectivity index (χ2v) is 30.8. The minimum Gasteiger partial charge on any atom is -0.458 e. The van der Waals surface area contributed by atoms with E-state index in [1.165, 1.54) is 88.9 Å². The molecule has 88 heavy (non-hydrogen) atoms. The SMILES string of the molecule is Cc1ccc(N(c2ccc3c(c2)Oc2cc(C(C)(C)C)cc4c2B3c2cc(C(C)(C)C)ccc2N4c2cc(N(c3ccc(C(C)(C)C)cc3)c3ccc(C(C)(C)C)cc3)cc3c2-c2ccccc2C3(C)C)c2ccc3c(c2)C(C)(C)c2ccccc2-3)cc1. The van der Waals surface area contributed by atoms with Gasteiger partial charge in [-0.05, 0) is 191 Å². The van der Waals surface area contributed by atoms with E-state index in [1.54, 1.807) is 0 Å². The Kier molecular flexibility index (Phi) is 12.8. The van der Waals surface area contributed by atoms with Crippen molar-refractivity contribution in [3.63, 3.8) is 0 Å². The molecule has 0 bridgehead atoms. The van der Waals surface area contributed by atoms with Crippen molar-refractivity contribution >= 4 is 74.3 Å². The van der Waals surface area contributed by atoms with E-state index in [-0.39, 0.29) is 39.2 Å². The first-order valence-corrected chi connectivity index (χ1v) is 31.9. The molecule has 10 aromatic rings. The van der Waals surface area contributed by atoms with Gasteiger partial charge in [0.2, 0.25) is 0 Å². The summed E-state index contributed by atoms with van der Waals surface area (Å²) >= 11 is 0. The van der Waals surface area contributed by atoms with Crippen LogP contribution < -0.4 is 35.8 Å². The molecule has 2 aliphatic heterocycles. The first kappa shape index (κ1) is 57.2. The number of anilines is 9. The molecule has 10 aromatic carbocycles. The molecule has 0 N–H and O–H groups in total. The maximum atomic E-state index is 7.65. The van der Waals surface area contributed by atoms with Crippen molar-refractivity contribution in [2.45, 2.75) is 150 Å². The van der Waals surface area contributed by atoms with Crippen LogP contribution in [0.15, 0.2) is 200 Å². The van der Waals surface area contributed by atoms with Crippen LogP contribution in [0.3, 0.4) is 0 Å². The highest BCUT2D eigenvalue weighted by atomic mass is 16.5. The molecular formula is C83H84BN3O. The number of ether oxygens (including phenoxy) is 1. The van der Waals surface area contributed by atoms with Crippen LogP contribution in [0.5, 0.6) is 11.5 Å². The third-order valence-electron chi connectivity index (χ3n) is 20.0. The zero-order chi connectivity index (χ0) is 61.9. The van der Waals surface area contributed by atoms with Gasteiger partial charge in [0.1, 0.15) is 11.5 Å². The fraction of sp³-hybridized carbons (Fsp3) is 0.277. The maximum absolute atomic E-state index is 7.65. The summed E-state index contributed by atoms with van der Waals surface area (Å²) in [5, 5.41) is 0. The third-order valence-corrected chi connectivity index (χ3v) is 20.0. The Labute approximate surface area is 525 Å². The maximum Gasteiger partial charge on any atom is 0.256 e. The van der Waals surface area contributed by atoms with Crippen molar-refractivity contribution in [3.05, 3.63) is 250 Å². The van der Waals surface area contributed by atoms with Crippen LogP contribution in [0, 0.1) is 6.92 Å². The smallest absolute Gasteiger partial charge is 0.256 e. The van der Waals surface area contributed by atoms with Gasteiger partial charge in [0.15, 0.2) is 0 Å². The Balaban J connectivity index is 1.01. The molecule has 0 fully saturated rings. The van der Waals surface area contributed by atoms with Gasteiger partial charge in [-0.15, -0.1) is 0 Å². The number of rotatable bonds is 7. The van der Waals surface area contributed by atoms with Gasteiger partial charge in [-0.25, -0.2) is 0 Å². The highest BCUT2D eigenvalue weighted by molar-refractivity contribution is 6.99. The van der Waals surface area contributed by atoms with Crippen molar-refractivity contribution in [1.82, 2.24) is 0 Å². The molecule has 0 spiro atoms. The number of hydrogen-bond donors (Lipinski definition) is 0. The van der Waals surface area contributed by atoms with Crippen molar-refractivity contribution in [2.24, 2.45) is 0 Å². The lowest BCUT2D eigenvalue weighted by Crippen LogP contribution is -2.59. The van der Waals surface area contributed by atoms with Crippen molar-refractivity contribution in [1.29, 1.82) is 0 Å². The van der Waals surface area contributed by atoms with E-state index in [4.69, 9.17) is 4.74 Å². The summed E-state index contributed by atoms with van der Waals surface area (Å²) < 4.78 is 7.65. The van der Waals surface area contributed by atoms with Gasteiger partial charge in [0, 0.05) is 68.0 Å². The van der Waals surface area contributed by atoms with Crippen LogP contribution in [0.2, 0.25) is 0 Å². The fourth-order valence-corrected chi connectivity index (χ4v) is 14.8. The molecule has 0 radical (unpaired) electrons. The normalized spacial score (nSPS) is 14.9. The van der Waals surface area contributed by atoms with E-state index in [0.29, 0.717) is 0 Å². The van der Waals surface area contributed by atoms with E-state index in [2.05, 4.69) is 333 Å². The van der Waals surface area contributed by atoms with Crippen LogP contribution >= 0.6 is 0 Å². The summed E-state index contributed by atoms with van der Waals surface area (Å²) in [5.74, 6) is 1.78. The zero-order valence-corrected chi connectivity index (χ0v) is 54.9. The molecule has 0 aromatic heterocycles. The minimum absolute atomic E-state index is 0.00375.